The van der Waals surface area contributed by atoms with Crippen LogP contribution in [-0.2, 0) is 10.0 Å². The van der Waals surface area contributed by atoms with Crippen molar-refractivity contribution in [2.45, 2.75) is 38.5 Å². The maximum absolute atomic E-state index is 13.8. The molecule has 24 heavy (non-hydrogen) atoms. The molecule has 3 rings (SSSR count). The van der Waals surface area contributed by atoms with Gasteiger partial charge in [0.15, 0.2) is 0 Å². The summed E-state index contributed by atoms with van der Waals surface area (Å²) in [6.45, 7) is 1.67. The van der Waals surface area contributed by atoms with Crippen LogP contribution in [0.2, 0.25) is 0 Å². The minimum Gasteiger partial charge on any atom is -0.293 e. The lowest BCUT2D eigenvalue weighted by Gasteiger charge is -2.30. The number of aryl methyl sites for hydroxylation is 1. The lowest BCUT2D eigenvalue weighted by atomic mass is 9.87. The first-order valence-corrected chi connectivity index (χ1v) is 10.0. The molecule has 6 nitrogen and oxygen atoms in total. The van der Waals surface area contributed by atoms with Crippen molar-refractivity contribution in [3.63, 3.8) is 0 Å². The van der Waals surface area contributed by atoms with Crippen molar-refractivity contribution in [1.29, 1.82) is 0 Å². The van der Waals surface area contributed by atoms with Gasteiger partial charge in [0.2, 0.25) is 10.0 Å². The summed E-state index contributed by atoms with van der Waals surface area (Å²) in [5.41, 5.74) is 0.559. The van der Waals surface area contributed by atoms with Crippen LogP contribution in [0.4, 0.5) is 8.78 Å². The summed E-state index contributed by atoms with van der Waals surface area (Å²) in [6, 6.07) is 0. The van der Waals surface area contributed by atoms with Crippen LogP contribution in [0.3, 0.4) is 0 Å². The lowest BCUT2D eigenvalue weighted by molar-refractivity contribution is -0.0771. The smallest absolute Gasteiger partial charge is 0.276 e. The largest absolute Gasteiger partial charge is 0.293 e. The molecule has 0 aliphatic heterocycles. The van der Waals surface area contributed by atoms with E-state index in [4.69, 9.17) is 0 Å². The monoisotopic (exact) mass is 377 g/mol. The molecule has 1 unspecified atom stereocenters. The summed E-state index contributed by atoms with van der Waals surface area (Å²) in [7, 11) is -4.13. The van der Waals surface area contributed by atoms with Crippen molar-refractivity contribution in [3.8, 4) is 0 Å². The highest BCUT2D eigenvalue weighted by molar-refractivity contribution is 7.90. The van der Waals surface area contributed by atoms with E-state index >= 15 is 0 Å². The Balaban J connectivity index is 1.75. The first kappa shape index (κ1) is 17.3. The van der Waals surface area contributed by atoms with E-state index < -0.39 is 33.5 Å². The van der Waals surface area contributed by atoms with Gasteiger partial charge >= 0.3 is 0 Å². The molecule has 1 amide bonds. The standard InChI is InChI=1S/C14H17F2N3O3S2/c1-9-12(23-11-6-17-8-19(9)11)13(20)18-24(21,22)7-10-4-2-3-5-14(10,15)16/h6,8,10H,2-5,7H2,1H3,(H,18,20). The highest BCUT2D eigenvalue weighted by Crippen LogP contribution is 2.39. The third-order valence-electron chi connectivity index (χ3n) is 4.29. The fraction of sp³-hybridized carbons (Fsp3) is 0.571. The fourth-order valence-electron chi connectivity index (χ4n) is 2.97. The van der Waals surface area contributed by atoms with Gasteiger partial charge in [-0.2, -0.15) is 0 Å². The van der Waals surface area contributed by atoms with Crippen LogP contribution in [0, 0.1) is 12.8 Å². The number of hydrogen-bond donors (Lipinski definition) is 1. The molecule has 1 aliphatic rings. The number of sulfonamides is 1. The minimum atomic E-state index is -4.13. The zero-order valence-corrected chi connectivity index (χ0v) is 14.6. The number of nitrogens with zero attached hydrogens (tertiary/aromatic N) is 2. The van der Waals surface area contributed by atoms with Gasteiger partial charge in [0.25, 0.3) is 11.8 Å². The van der Waals surface area contributed by atoms with Gasteiger partial charge in [-0.3, -0.25) is 9.20 Å². The van der Waals surface area contributed by atoms with Crippen molar-refractivity contribution < 1.29 is 22.0 Å². The Hall–Kier alpha value is -1.55. The Kier molecular flexibility index (Phi) is 4.37. The lowest BCUT2D eigenvalue weighted by Crippen LogP contribution is -2.41. The summed E-state index contributed by atoms with van der Waals surface area (Å²) in [4.78, 5) is 17.1. The van der Waals surface area contributed by atoms with Gasteiger partial charge in [0.1, 0.15) is 16.0 Å². The SMILES string of the molecule is Cc1c(C(=O)NS(=O)(=O)CC2CCCCC2(F)F)sc2cncn12. The summed E-state index contributed by atoms with van der Waals surface area (Å²) in [6.07, 6.45) is 3.90. The molecule has 132 valence electrons. The van der Waals surface area contributed by atoms with E-state index in [0.29, 0.717) is 23.4 Å². The van der Waals surface area contributed by atoms with E-state index in [0.717, 1.165) is 11.3 Å². The molecule has 0 aromatic carbocycles. The average molecular weight is 377 g/mol. The Bertz CT molecular complexity index is 873. The number of carbonyl (C=O) groups is 1. The quantitative estimate of drug-likeness (QED) is 0.888. The molecule has 1 fully saturated rings. The Labute approximate surface area is 141 Å². The van der Waals surface area contributed by atoms with Gasteiger partial charge in [-0.15, -0.1) is 11.3 Å². The fourth-order valence-corrected chi connectivity index (χ4v) is 5.44. The molecule has 10 heteroatoms. The van der Waals surface area contributed by atoms with Crippen LogP contribution >= 0.6 is 11.3 Å². The van der Waals surface area contributed by atoms with Gasteiger partial charge in [0.05, 0.1) is 11.9 Å². The van der Waals surface area contributed by atoms with Crippen LogP contribution in [0.5, 0.6) is 0 Å². The molecule has 0 saturated heterocycles. The number of carbonyl (C=O) groups excluding carboxylic acids is 1. The van der Waals surface area contributed by atoms with Crippen LogP contribution in [0.25, 0.3) is 4.83 Å². The number of amides is 1. The molecule has 1 atom stereocenters. The van der Waals surface area contributed by atoms with E-state index in [2.05, 4.69) is 4.98 Å². The summed E-state index contributed by atoms with van der Waals surface area (Å²) in [5, 5.41) is 0. The van der Waals surface area contributed by atoms with Crippen LogP contribution < -0.4 is 4.72 Å². The summed E-state index contributed by atoms with van der Waals surface area (Å²) < 4.78 is 55.6. The molecule has 1 aliphatic carbocycles. The van der Waals surface area contributed by atoms with Crippen molar-refractivity contribution in [3.05, 3.63) is 23.1 Å². The number of rotatable bonds is 4. The second-order valence-corrected chi connectivity index (χ2v) is 8.83. The normalized spacial score (nSPS) is 21.0. The topological polar surface area (TPSA) is 80.5 Å². The minimum absolute atomic E-state index is 0.149. The summed E-state index contributed by atoms with van der Waals surface area (Å²) in [5.74, 6) is -5.78. The molecule has 2 heterocycles. The molecule has 0 radical (unpaired) electrons. The second kappa shape index (κ2) is 6.07. The number of thiazole rings is 1. The van der Waals surface area contributed by atoms with Gasteiger partial charge in [-0.25, -0.2) is 26.9 Å². The summed E-state index contributed by atoms with van der Waals surface area (Å²) >= 11 is 1.10. The molecule has 2 aromatic rings. The number of imidazole rings is 1. The molecule has 0 spiro atoms. The number of halogens is 2. The molecular weight excluding hydrogens is 360 g/mol. The Morgan fingerprint density at radius 1 is 1.50 bits per heavy atom. The zero-order valence-electron chi connectivity index (χ0n) is 13.0. The molecule has 1 N–H and O–H groups in total. The molecular formula is C14H17F2N3O3S2. The van der Waals surface area contributed by atoms with E-state index in [1.54, 1.807) is 17.5 Å². The van der Waals surface area contributed by atoms with E-state index in [9.17, 15) is 22.0 Å². The van der Waals surface area contributed by atoms with Crippen LogP contribution in [0.15, 0.2) is 12.5 Å². The van der Waals surface area contributed by atoms with Crippen molar-refractivity contribution in [2.75, 3.05) is 5.75 Å². The van der Waals surface area contributed by atoms with Crippen molar-refractivity contribution >= 4 is 32.1 Å². The highest BCUT2D eigenvalue weighted by Gasteiger charge is 2.43. The predicted octanol–water partition coefficient (Wildman–Crippen LogP) is 2.59. The number of fused-ring (bicyclic) bond motifs is 1. The van der Waals surface area contributed by atoms with Gasteiger partial charge in [-0.1, -0.05) is 6.42 Å². The van der Waals surface area contributed by atoms with Gasteiger partial charge in [0, 0.05) is 18.0 Å². The maximum Gasteiger partial charge on any atom is 0.276 e. The third kappa shape index (κ3) is 3.30. The van der Waals surface area contributed by atoms with Gasteiger partial charge in [-0.05, 0) is 19.8 Å². The number of alkyl halides is 2. The van der Waals surface area contributed by atoms with Gasteiger partial charge < -0.3 is 0 Å². The average Bonchev–Trinajstić information content (AvgIpc) is 3.04. The first-order chi connectivity index (χ1) is 11.2. The maximum atomic E-state index is 13.8. The number of aromatic nitrogens is 2. The molecule has 0 bridgehead atoms. The zero-order chi connectivity index (χ0) is 17.5. The number of nitrogens with one attached hydrogen (secondary N) is 1. The van der Waals surface area contributed by atoms with Crippen molar-refractivity contribution in [2.24, 2.45) is 5.92 Å². The Morgan fingerprint density at radius 2 is 2.25 bits per heavy atom. The third-order valence-corrected chi connectivity index (χ3v) is 6.82. The molecule has 2 aromatic heterocycles. The van der Waals surface area contributed by atoms with E-state index in [1.807, 2.05) is 4.72 Å². The van der Waals surface area contributed by atoms with Crippen molar-refractivity contribution in [1.82, 2.24) is 14.1 Å². The van der Waals surface area contributed by atoms with Crippen LogP contribution in [-0.4, -0.2) is 35.4 Å². The Morgan fingerprint density at radius 3 is 2.92 bits per heavy atom. The highest BCUT2D eigenvalue weighted by atomic mass is 32.2. The first-order valence-electron chi connectivity index (χ1n) is 7.54. The number of hydrogen-bond acceptors (Lipinski definition) is 5. The second-order valence-electron chi connectivity index (χ2n) is 6.03. The van der Waals surface area contributed by atoms with E-state index in [-0.39, 0.29) is 17.7 Å². The predicted molar refractivity (Wildman–Crippen MR) is 86.0 cm³/mol. The molecule has 1 saturated carbocycles. The van der Waals surface area contributed by atoms with E-state index in [1.165, 1.54) is 6.33 Å². The van der Waals surface area contributed by atoms with Crippen LogP contribution in [0.1, 0.15) is 41.0 Å².